The Morgan fingerprint density at radius 3 is 1.61 bits per heavy atom. The maximum absolute atomic E-state index is 5.38. The molecule has 0 aliphatic carbocycles. The van der Waals surface area contributed by atoms with Crippen LogP contribution in [-0.2, 0) is 0 Å². The number of nitrogens with zero attached hydrogens (tertiary/aromatic N) is 4. The van der Waals surface area contributed by atoms with Gasteiger partial charge in [-0.05, 0) is 58.7 Å². The first-order chi connectivity index (χ1) is 27.8. The first-order valence-electron chi connectivity index (χ1n) is 18.8. The van der Waals surface area contributed by atoms with Gasteiger partial charge in [0, 0.05) is 53.3 Å². The largest absolute Gasteiger partial charge is 0.309 e. The van der Waals surface area contributed by atoms with Gasteiger partial charge in [0.2, 0.25) is 0 Å². The summed E-state index contributed by atoms with van der Waals surface area (Å²) in [6, 6.07) is 68.4. The van der Waals surface area contributed by atoms with Gasteiger partial charge in [0.25, 0.3) is 0 Å². The van der Waals surface area contributed by atoms with Crippen LogP contribution in [0.5, 0.6) is 0 Å². The topological polar surface area (TPSA) is 43.6 Å². The Morgan fingerprint density at radius 1 is 0.339 bits per heavy atom. The number of hydrogen-bond acceptors (Lipinski definition) is 4. The Hall–Kier alpha value is -7.21. The third-order valence-corrected chi connectivity index (χ3v) is 11.9. The van der Waals surface area contributed by atoms with Crippen LogP contribution in [0.3, 0.4) is 0 Å². The fourth-order valence-electron chi connectivity index (χ4n) is 8.22. The van der Waals surface area contributed by atoms with Crippen LogP contribution in [-0.4, -0.2) is 19.5 Å². The number of hydrogen-bond donors (Lipinski definition) is 0. The summed E-state index contributed by atoms with van der Waals surface area (Å²) in [5.74, 6) is 1.92. The Balaban J connectivity index is 1.19. The van der Waals surface area contributed by atoms with E-state index in [1.54, 1.807) is 11.3 Å². The highest BCUT2D eigenvalue weighted by molar-refractivity contribution is 7.26. The van der Waals surface area contributed by atoms with Crippen LogP contribution in [0.4, 0.5) is 0 Å². The van der Waals surface area contributed by atoms with Crippen LogP contribution in [0.1, 0.15) is 0 Å². The number of aromatic nitrogens is 4. The molecule has 0 bridgehead atoms. The van der Waals surface area contributed by atoms with Gasteiger partial charge in [0.15, 0.2) is 17.5 Å². The van der Waals surface area contributed by atoms with Crippen LogP contribution in [0.15, 0.2) is 194 Å². The molecule has 11 aromatic rings. The van der Waals surface area contributed by atoms with E-state index in [4.69, 9.17) is 15.0 Å². The minimum absolute atomic E-state index is 0.630. The zero-order valence-corrected chi connectivity index (χ0v) is 31.0. The van der Waals surface area contributed by atoms with Crippen molar-refractivity contribution in [3.05, 3.63) is 194 Å². The van der Waals surface area contributed by atoms with E-state index in [1.165, 1.54) is 30.9 Å². The average molecular weight is 733 g/mol. The van der Waals surface area contributed by atoms with Gasteiger partial charge in [-0.1, -0.05) is 158 Å². The van der Waals surface area contributed by atoms with Crippen LogP contribution in [0.25, 0.3) is 104 Å². The first-order valence-corrected chi connectivity index (χ1v) is 19.6. The highest BCUT2D eigenvalue weighted by Gasteiger charge is 2.22. The van der Waals surface area contributed by atoms with Crippen LogP contribution >= 0.6 is 11.3 Å². The van der Waals surface area contributed by atoms with E-state index < -0.39 is 0 Å². The van der Waals surface area contributed by atoms with Gasteiger partial charge in [0.05, 0.1) is 11.0 Å². The Bertz CT molecular complexity index is 3250. The van der Waals surface area contributed by atoms with E-state index in [0.29, 0.717) is 17.5 Å². The Labute approximate surface area is 327 Å². The molecule has 0 amide bonds. The van der Waals surface area contributed by atoms with Crippen molar-refractivity contribution in [2.45, 2.75) is 0 Å². The lowest BCUT2D eigenvalue weighted by Gasteiger charge is -2.15. The molecule has 4 nitrogen and oxygen atoms in total. The van der Waals surface area contributed by atoms with Crippen molar-refractivity contribution in [3.8, 4) is 62.1 Å². The minimum atomic E-state index is 0.630. The molecule has 0 aliphatic heterocycles. The summed E-state index contributed by atoms with van der Waals surface area (Å²) < 4.78 is 4.77. The molecule has 0 spiro atoms. The summed E-state index contributed by atoms with van der Waals surface area (Å²) in [5, 5.41) is 4.84. The second kappa shape index (κ2) is 13.3. The van der Waals surface area contributed by atoms with Gasteiger partial charge >= 0.3 is 0 Å². The maximum Gasteiger partial charge on any atom is 0.165 e. The monoisotopic (exact) mass is 732 g/mol. The summed E-state index contributed by atoms with van der Waals surface area (Å²) in [7, 11) is 0. The molecule has 56 heavy (non-hydrogen) atoms. The third kappa shape index (κ3) is 5.24. The lowest BCUT2D eigenvalue weighted by atomic mass is 9.94. The Morgan fingerprint density at radius 2 is 0.839 bits per heavy atom. The summed E-state index contributed by atoms with van der Waals surface area (Å²) in [6.45, 7) is 0. The molecule has 0 unspecified atom stereocenters. The van der Waals surface area contributed by atoms with Gasteiger partial charge in [-0.2, -0.15) is 0 Å². The molecule has 3 aromatic heterocycles. The third-order valence-electron chi connectivity index (χ3n) is 10.7. The second-order valence-corrected chi connectivity index (χ2v) is 15.0. The van der Waals surface area contributed by atoms with Gasteiger partial charge in [-0.3, -0.25) is 0 Å². The van der Waals surface area contributed by atoms with Crippen molar-refractivity contribution in [1.82, 2.24) is 19.5 Å². The molecular formula is C51H32N4S. The Kier molecular flexibility index (Phi) is 7.64. The maximum atomic E-state index is 5.38. The summed E-state index contributed by atoms with van der Waals surface area (Å²) >= 11 is 1.79. The standard InChI is InChI=1S/C51H32N4S/c1-3-17-33(18-4-1)35-21-7-9-24-40(35)49-52-50(54-51(53-49)43-29-15-28-39-37-23-12-14-32-46(37)56-48(39)43)41-25-10-8-22-36(41)38-27-16-31-45-47(38)42-26-11-13-30-44(42)55(45)34-19-5-2-6-20-34/h1-32H. The zero-order valence-electron chi connectivity index (χ0n) is 30.2. The number of fused-ring (bicyclic) bond motifs is 6. The van der Waals surface area contributed by atoms with Crippen LogP contribution in [0, 0.1) is 0 Å². The van der Waals surface area contributed by atoms with E-state index in [9.17, 15) is 0 Å². The lowest BCUT2D eigenvalue weighted by Crippen LogP contribution is -2.02. The molecule has 3 heterocycles. The molecule has 0 saturated heterocycles. The molecule has 11 rings (SSSR count). The van der Waals surface area contributed by atoms with Crippen molar-refractivity contribution in [1.29, 1.82) is 0 Å². The van der Waals surface area contributed by atoms with Crippen molar-refractivity contribution in [3.63, 3.8) is 0 Å². The number of para-hydroxylation sites is 2. The molecule has 5 heteroatoms. The van der Waals surface area contributed by atoms with Crippen molar-refractivity contribution < 1.29 is 0 Å². The quantitative estimate of drug-likeness (QED) is 0.171. The predicted molar refractivity (Wildman–Crippen MR) is 234 cm³/mol. The zero-order chi connectivity index (χ0) is 37.0. The summed E-state index contributed by atoms with van der Waals surface area (Å²) in [4.78, 5) is 16.1. The minimum Gasteiger partial charge on any atom is -0.309 e. The van der Waals surface area contributed by atoms with Crippen LogP contribution < -0.4 is 0 Å². The van der Waals surface area contributed by atoms with Gasteiger partial charge < -0.3 is 4.57 Å². The molecule has 0 fully saturated rings. The molecule has 0 saturated carbocycles. The molecule has 0 aliphatic rings. The van der Waals surface area contributed by atoms with E-state index in [2.05, 4.69) is 193 Å². The normalized spacial score (nSPS) is 11.6. The fraction of sp³-hybridized carbons (Fsp3) is 0. The van der Waals surface area contributed by atoms with E-state index in [1.807, 2.05) is 6.07 Å². The molecule has 8 aromatic carbocycles. The van der Waals surface area contributed by atoms with Crippen molar-refractivity contribution in [2.75, 3.05) is 0 Å². The SMILES string of the molecule is c1ccc(-c2ccccc2-c2nc(-c3ccccc3-c3cccc4c3c3ccccc3n4-c3ccccc3)nc(-c3cccc4c3sc3ccccc34)n2)cc1. The molecule has 0 radical (unpaired) electrons. The predicted octanol–water partition coefficient (Wildman–Crippen LogP) is 13.7. The lowest BCUT2D eigenvalue weighted by molar-refractivity contribution is 1.08. The fourth-order valence-corrected chi connectivity index (χ4v) is 9.43. The molecule has 262 valence electrons. The van der Waals surface area contributed by atoms with Gasteiger partial charge in [-0.25, -0.2) is 15.0 Å². The highest BCUT2D eigenvalue weighted by Crippen LogP contribution is 2.43. The van der Waals surface area contributed by atoms with E-state index in [-0.39, 0.29) is 0 Å². The van der Waals surface area contributed by atoms with Crippen molar-refractivity contribution >= 4 is 53.3 Å². The van der Waals surface area contributed by atoms with E-state index in [0.717, 1.165) is 55.7 Å². The second-order valence-electron chi connectivity index (χ2n) is 13.9. The summed E-state index contributed by atoms with van der Waals surface area (Å²) in [5.41, 5.74) is 10.7. The number of benzene rings is 8. The van der Waals surface area contributed by atoms with Gasteiger partial charge in [-0.15, -0.1) is 11.3 Å². The van der Waals surface area contributed by atoms with Crippen molar-refractivity contribution in [2.24, 2.45) is 0 Å². The molecule has 0 atom stereocenters. The molecular weight excluding hydrogens is 701 g/mol. The summed E-state index contributed by atoms with van der Waals surface area (Å²) in [6.07, 6.45) is 0. The molecule has 0 N–H and O–H groups in total. The van der Waals surface area contributed by atoms with E-state index >= 15 is 0 Å². The number of thiophene rings is 1. The first kappa shape index (κ1) is 32.2. The smallest absolute Gasteiger partial charge is 0.165 e. The number of rotatable bonds is 6. The average Bonchev–Trinajstić information content (AvgIpc) is 3.83. The van der Waals surface area contributed by atoms with Crippen LogP contribution in [0.2, 0.25) is 0 Å². The highest BCUT2D eigenvalue weighted by atomic mass is 32.1. The van der Waals surface area contributed by atoms with Gasteiger partial charge in [0.1, 0.15) is 0 Å².